The second-order valence-corrected chi connectivity index (χ2v) is 10.7. The Labute approximate surface area is 221 Å². The number of alkyl halides is 3. The number of aliphatic hydroxyl groups excluding tert-OH is 2. The van der Waals surface area contributed by atoms with Crippen LogP contribution in [0.15, 0.2) is 42.5 Å². The summed E-state index contributed by atoms with van der Waals surface area (Å²) in [5, 5.41) is 21.5. The number of likely N-dealkylation sites (tertiary alicyclic amines) is 1. The summed E-state index contributed by atoms with van der Waals surface area (Å²) in [4.78, 5) is 7.34. The Balaban J connectivity index is 1.51. The summed E-state index contributed by atoms with van der Waals surface area (Å²) in [6, 6.07) is 12.8. The molecule has 1 saturated heterocycles. The summed E-state index contributed by atoms with van der Waals surface area (Å²) in [5.41, 5.74) is 4.33. The van der Waals surface area contributed by atoms with Crippen LogP contribution in [0.4, 0.5) is 13.2 Å². The van der Waals surface area contributed by atoms with Crippen LogP contribution in [0.25, 0.3) is 10.9 Å². The standard InChI is InChI=1S/C29H36F3N3O3/c1-18-12-23-21-6-3-4-7-24(21)33-26(23)27(35(18)16-29(31,32)17-36)19-8-9-22(25(13-19)38-2)28(37)20-14-34(15-20)11-5-10-30/h3-4,6-9,13,18,20,27-28,33,36-37H,5,10-12,14-17H2,1-2H3/t18-,27?,28+/m1/s1. The molecule has 5 rings (SSSR count). The first-order valence-electron chi connectivity index (χ1n) is 13.2. The quantitative estimate of drug-likeness (QED) is 0.360. The molecular formula is C29H36F3N3O3. The molecule has 3 atom stereocenters. The number of methoxy groups -OCH3 is 1. The number of para-hydroxylation sites is 1. The third-order valence-electron chi connectivity index (χ3n) is 8.09. The van der Waals surface area contributed by atoms with Gasteiger partial charge in [0.1, 0.15) is 12.4 Å². The molecule has 0 saturated carbocycles. The number of aromatic nitrogens is 1. The van der Waals surface area contributed by atoms with E-state index < -0.39 is 31.2 Å². The monoisotopic (exact) mass is 531 g/mol. The Hall–Kier alpha value is -2.59. The molecule has 0 aliphatic carbocycles. The van der Waals surface area contributed by atoms with E-state index in [4.69, 9.17) is 4.74 Å². The minimum absolute atomic E-state index is 0.0177. The van der Waals surface area contributed by atoms with Gasteiger partial charge in [-0.1, -0.05) is 30.3 Å². The molecule has 0 radical (unpaired) electrons. The number of halogens is 3. The van der Waals surface area contributed by atoms with E-state index in [1.54, 1.807) is 12.0 Å². The van der Waals surface area contributed by atoms with Crippen LogP contribution in [0.1, 0.15) is 47.9 Å². The predicted molar refractivity (Wildman–Crippen MR) is 141 cm³/mol. The molecule has 1 aromatic heterocycles. The molecule has 38 heavy (non-hydrogen) atoms. The number of H-pyrrole nitrogens is 1. The van der Waals surface area contributed by atoms with E-state index in [2.05, 4.69) is 9.88 Å². The Bertz CT molecular complexity index is 1260. The number of ether oxygens (including phenoxy) is 1. The Morgan fingerprint density at radius 2 is 1.95 bits per heavy atom. The Morgan fingerprint density at radius 1 is 1.18 bits per heavy atom. The third-order valence-corrected chi connectivity index (χ3v) is 8.09. The number of benzene rings is 2. The lowest BCUT2D eigenvalue weighted by Crippen LogP contribution is -2.49. The maximum Gasteiger partial charge on any atom is 0.283 e. The molecule has 1 fully saturated rings. The van der Waals surface area contributed by atoms with Crippen molar-refractivity contribution < 1.29 is 28.1 Å². The second-order valence-electron chi connectivity index (χ2n) is 10.7. The molecule has 0 amide bonds. The summed E-state index contributed by atoms with van der Waals surface area (Å²) in [6.45, 7) is 1.83. The van der Waals surface area contributed by atoms with E-state index in [0.29, 0.717) is 43.8 Å². The van der Waals surface area contributed by atoms with Crippen molar-refractivity contribution in [1.29, 1.82) is 0 Å². The van der Waals surface area contributed by atoms with Gasteiger partial charge in [-0.25, -0.2) is 8.78 Å². The van der Waals surface area contributed by atoms with Crippen molar-refractivity contribution in [3.63, 3.8) is 0 Å². The number of fused-ring (bicyclic) bond motifs is 3. The van der Waals surface area contributed by atoms with Crippen molar-refractivity contribution in [3.8, 4) is 5.75 Å². The van der Waals surface area contributed by atoms with E-state index >= 15 is 0 Å². The maximum absolute atomic E-state index is 14.6. The van der Waals surface area contributed by atoms with Gasteiger partial charge in [0.05, 0.1) is 32.5 Å². The van der Waals surface area contributed by atoms with Gasteiger partial charge in [-0.05, 0) is 43.0 Å². The average molecular weight is 532 g/mol. The summed E-state index contributed by atoms with van der Waals surface area (Å²) in [6.07, 6.45) is 0.345. The van der Waals surface area contributed by atoms with E-state index in [0.717, 1.165) is 27.7 Å². The minimum atomic E-state index is -3.26. The zero-order chi connectivity index (χ0) is 27.0. The van der Waals surface area contributed by atoms with Crippen molar-refractivity contribution >= 4 is 10.9 Å². The zero-order valence-corrected chi connectivity index (χ0v) is 21.8. The number of rotatable bonds is 10. The van der Waals surface area contributed by atoms with Gasteiger partial charge in [0.25, 0.3) is 5.92 Å². The first kappa shape index (κ1) is 27.0. The fourth-order valence-electron chi connectivity index (χ4n) is 6.10. The number of hydrogen-bond acceptors (Lipinski definition) is 5. The van der Waals surface area contributed by atoms with Gasteiger partial charge in [-0.15, -0.1) is 0 Å². The van der Waals surface area contributed by atoms with E-state index in [1.165, 1.54) is 0 Å². The highest BCUT2D eigenvalue weighted by Gasteiger charge is 2.42. The summed E-state index contributed by atoms with van der Waals surface area (Å²) in [7, 11) is 1.54. The van der Waals surface area contributed by atoms with Crippen molar-refractivity contribution in [1.82, 2.24) is 14.8 Å². The topological polar surface area (TPSA) is 72.0 Å². The van der Waals surface area contributed by atoms with Crippen LogP contribution in [0, 0.1) is 5.92 Å². The molecule has 9 heteroatoms. The molecule has 2 aliphatic rings. The van der Waals surface area contributed by atoms with Gasteiger partial charge >= 0.3 is 0 Å². The van der Waals surface area contributed by atoms with Crippen LogP contribution < -0.4 is 4.74 Å². The van der Waals surface area contributed by atoms with Crippen LogP contribution in [0.5, 0.6) is 5.75 Å². The zero-order valence-electron chi connectivity index (χ0n) is 21.8. The van der Waals surface area contributed by atoms with Gasteiger partial charge in [-0.3, -0.25) is 9.29 Å². The lowest BCUT2D eigenvalue weighted by molar-refractivity contribution is -0.0864. The fraction of sp³-hybridized carbons (Fsp3) is 0.517. The fourth-order valence-corrected chi connectivity index (χ4v) is 6.10. The molecule has 1 unspecified atom stereocenters. The molecule has 2 aromatic carbocycles. The Morgan fingerprint density at radius 3 is 2.66 bits per heavy atom. The summed E-state index contributed by atoms with van der Waals surface area (Å²) in [5.74, 6) is -2.74. The number of aliphatic hydroxyl groups is 2. The number of hydrogen-bond donors (Lipinski definition) is 3. The van der Waals surface area contributed by atoms with Gasteiger partial charge in [0.2, 0.25) is 0 Å². The highest BCUT2D eigenvalue weighted by molar-refractivity contribution is 5.85. The Kier molecular flexibility index (Phi) is 7.73. The van der Waals surface area contributed by atoms with Crippen molar-refractivity contribution in [2.75, 3.05) is 46.6 Å². The van der Waals surface area contributed by atoms with Crippen molar-refractivity contribution in [2.45, 2.75) is 43.9 Å². The molecule has 0 spiro atoms. The molecule has 6 nitrogen and oxygen atoms in total. The molecule has 206 valence electrons. The lowest BCUT2D eigenvalue weighted by Gasteiger charge is -2.43. The van der Waals surface area contributed by atoms with Crippen molar-refractivity contribution in [3.05, 3.63) is 64.8 Å². The summed E-state index contributed by atoms with van der Waals surface area (Å²) >= 11 is 0. The number of aromatic amines is 1. The molecular weight excluding hydrogens is 495 g/mol. The van der Waals surface area contributed by atoms with E-state index in [9.17, 15) is 23.4 Å². The first-order chi connectivity index (χ1) is 18.3. The van der Waals surface area contributed by atoms with Crippen LogP contribution in [-0.2, 0) is 6.42 Å². The normalized spacial score (nSPS) is 21.9. The molecule has 3 heterocycles. The highest BCUT2D eigenvalue weighted by Crippen LogP contribution is 2.44. The first-order valence-corrected chi connectivity index (χ1v) is 13.2. The van der Waals surface area contributed by atoms with Crippen LogP contribution in [-0.4, -0.2) is 83.5 Å². The van der Waals surface area contributed by atoms with Crippen LogP contribution >= 0.6 is 0 Å². The molecule has 2 aliphatic heterocycles. The SMILES string of the molecule is COc1cc(C2c3[nH]c4ccccc4c3C[C@@H](C)N2CC(F)(F)CO)ccc1[C@@H](O)C1CN(CCCF)C1. The van der Waals surface area contributed by atoms with Crippen LogP contribution in [0.2, 0.25) is 0 Å². The highest BCUT2D eigenvalue weighted by atomic mass is 19.3. The maximum atomic E-state index is 14.6. The van der Waals surface area contributed by atoms with Gasteiger partial charge in [0, 0.05) is 53.8 Å². The van der Waals surface area contributed by atoms with Gasteiger partial charge < -0.3 is 24.8 Å². The van der Waals surface area contributed by atoms with Crippen LogP contribution in [0.3, 0.4) is 0 Å². The predicted octanol–water partition coefficient (Wildman–Crippen LogP) is 4.46. The minimum Gasteiger partial charge on any atom is -0.496 e. The van der Waals surface area contributed by atoms with E-state index in [-0.39, 0.29) is 18.6 Å². The summed E-state index contributed by atoms with van der Waals surface area (Å²) < 4.78 is 47.3. The molecule has 3 N–H and O–H groups in total. The third kappa shape index (κ3) is 5.04. The average Bonchev–Trinajstić information content (AvgIpc) is 3.25. The lowest BCUT2D eigenvalue weighted by atomic mass is 9.85. The second kappa shape index (κ2) is 10.9. The number of nitrogens with zero attached hydrogens (tertiary/aromatic N) is 2. The largest absolute Gasteiger partial charge is 0.496 e. The van der Waals surface area contributed by atoms with Gasteiger partial charge in [-0.2, -0.15) is 0 Å². The van der Waals surface area contributed by atoms with Crippen molar-refractivity contribution in [2.24, 2.45) is 5.92 Å². The smallest absolute Gasteiger partial charge is 0.283 e. The van der Waals surface area contributed by atoms with E-state index in [1.807, 2.05) is 49.4 Å². The van der Waals surface area contributed by atoms with Gasteiger partial charge in [0.15, 0.2) is 0 Å². The molecule has 0 bridgehead atoms. The number of nitrogens with one attached hydrogen (secondary N) is 1. The molecule has 3 aromatic rings.